The Kier molecular flexibility index (Phi) is 3.81. The highest BCUT2D eigenvalue weighted by Gasteiger charge is 2.38. The average molecular weight is 240 g/mol. The highest BCUT2D eigenvalue weighted by atomic mass is 16.5. The first kappa shape index (κ1) is 13.3. The molecule has 0 amide bonds. The predicted molar refractivity (Wildman–Crippen MR) is 71.3 cm³/mol. The Labute approximate surface area is 106 Å². The number of rotatable bonds is 2. The first-order chi connectivity index (χ1) is 7.85. The van der Waals surface area contributed by atoms with E-state index in [-0.39, 0.29) is 5.60 Å². The van der Waals surface area contributed by atoms with E-state index in [1.807, 2.05) is 0 Å². The fraction of sp³-hybridized carbons (Fsp3) is 1.00. The van der Waals surface area contributed by atoms with E-state index in [1.165, 1.54) is 26.1 Å². The summed E-state index contributed by atoms with van der Waals surface area (Å²) >= 11 is 0. The summed E-state index contributed by atoms with van der Waals surface area (Å²) < 4.78 is 6.13. The summed E-state index contributed by atoms with van der Waals surface area (Å²) in [5, 5.41) is 0. The molecule has 0 saturated carbocycles. The molecule has 0 N–H and O–H groups in total. The minimum atomic E-state index is -0.00296. The third-order valence-electron chi connectivity index (χ3n) is 3.86. The second-order valence-corrected chi connectivity index (χ2v) is 6.83. The number of hydrogen-bond donors (Lipinski definition) is 0. The molecule has 2 aliphatic rings. The molecule has 2 rings (SSSR count). The Morgan fingerprint density at radius 3 is 2.41 bits per heavy atom. The summed E-state index contributed by atoms with van der Waals surface area (Å²) in [6, 6.07) is 1.40. The van der Waals surface area contributed by atoms with Gasteiger partial charge in [-0.3, -0.25) is 9.80 Å². The van der Waals surface area contributed by atoms with E-state index in [2.05, 4.69) is 44.4 Å². The maximum atomic E-state index is 6.13. The fourth-order valence-electron chi connectivity index (χ4n) is 3.07. The quantitative estimate of drug-likeness (QED) is 0.734. The van der Waals surface area contributed by atoms with Gasteiger partial charge in [-0.05, 0) is 41.0 Å². The minimum absolute atomic E-state index is 0.00296. The largest absolute Gasteiger partial charge is 0.371 e. The van der Waals surface area contributed by atoms with Crippen LogP contribution in [0.4, 0.5) is 0 Å². The normalized spacial score (nSPS) is 32.1. The van der Waals surface area contributed by atoms with E-state index >= 15 is 0 Å². The van der Waals surface area contributed by atoms with E-state index in [0.29, 0.717) is 12.1 Å². The number of hydrogen-bond acceptors (Lipinski definition) is 3. The van der Waals surface area contributed by atoms with Crippen LogP contribution in [0.3, 0.4) is 0 Å². The smallest absolute Gasteiger partial charge is 0.0724 e. The van der Waals surface area contributed by atoms with Crippen molar-refractivity contribution in [2.75, 3.05) is 26.2 Å². The molecule has 0 aliphatic carbocycles. The standard InChI is InChI=1S/C14H28N2O/c1-11(2)15-6-7-16-10-13(8-12(16)9-15)17-14(3,4)5/h11-13H,6-10H2,1-5H3/t12-,13-/m0/s1. The molecule has 2 saturated heterocycles. The molecule has 2 aliphatic heterocycles. The van der Waals surface area contributed by atoms with Gasteiger partial charge in [0.05, 0.1) is 11.7 Å². The Bertz CT molecular complexity index is 259. The van der Waals surface area contributed by atoms with Crippen LogP contribution in [0, 0.1) is 0 Å². The zero-order valence-corrected chi connectivity index (χ0v) is 12.1. The van der Waals surface area contributed by atoms with Gasteiger partial charge in [-0.25, -0.2) is 0 Å². The van der Waals surface area contributed by atoms with Crippen molar-refractivity contribution < 1.29 is 4.74 Å². The van der Waals surface area contributed by atoms with Crippen molar-refractivity contribution in [1.29, 1.82) is 0 Å². The molecule has 0 aromatic rings. The maximum absolute atomic E-state index is 6.13. The van der Waals surface area contributed by atoms with Crippen LogP contribution in [0.2, 0.25) is 0 Å². The van der Waals surface area contributed by atoms with Crippen LogP contribution < -0.4 is 0 Å². The summed E-state index contributed by atoms with van der Waals surface area (Å²) in [5.41, 5.74) is -0.00296. The molecule has 0 unspecified atom stereocenters. The lowest BCUT2D eigenvalue weighted by Gasteiger charge is -2.39. The lowest BCUT2D eigenvalue weighted by molar-refractivity contribution is -0.0539. The molecule has 2 fully saturated rings. The molecule has 2 atom stereocenters. The highest BCUT2D eigenvalue weighted by Crippen LogP contribution is 2.27. The monoisotopic (exact) mass is 240 g/mol. The van der Waals surface area contributed by atoms with Gasteiger partial charge in [0.25, 0.3) is 0 Å². The van der Waals surface area contributed by atoms with Crippen LogP contribution in [0.1, 0.15) is 41.0 Å². The van der Waals surface area contributed by atoms with Crippen LogP contribution in [-0.2, 0) is 4.74 Å². The van der Waals surface area contributed by atoms with Gasteiger partial charge in [0, 0.05) is 38.3 Å². The SMILES string of the molecule is CC(C)N1CCN2C[C@@H](OC(C)(C)C)C[C@H]2C1. The van der Waals surface area contributed by atoms with Crippen LogP contribution >= 0.6 is 0 Å². The second kappa shape index (κ2) is 4.87. The molecular formula is C14H28N2O. The second-order valence-electron chi connectivity index (χ2n) is 6.83. The Morgan fingerprint density at radius 1 is 1.12 bits per heavy atom. The average Bonchev–Trinajstić information content (AvgIpc) is 2.54. The van der Waals surface area contributed by atoms with Crippen molar-refractivity contribution in [3.05, 3.63) is 0 Å². The lowest BCUT2D eigenvalue weighted by Crippen LogP contribution is -2.52. The van der Waals surface area contributed by atoms with Gasteiger partial charge in [0.1, 0.15) is 0 Å². The Hall–Kier alpha value is -0.120. The molecule has 3 nitrogen and oxygen atoms in total. The van der Waals surface area contributed by atoms with Crippen molar-refractivity contribution >= 4 is 0 Å². The molecule has 2 heterocycles. The first-order valence-electron chi connectivity index (χ1n) is 7.01. The van der Waals surface area contributed by atoms with E-state index in [9.17, 15) is 0 Å². The van der Waals surface area contributed by atoms with Crippen LogP contribution in [0.25, 0.3) is 0 Å². The summed E-state index contributed by atoms with van der Waals surface area (Å²) in [6.45, 7) is 15.9. The molecule has 17 heavy (non-hydrogen) atoms. The molecular weight excluding hydrogens is 212 g/mol. The summed E-state index contributed by atoms with van der Waals surface area (Å²) in [4.78, 5) is 5.22. The Balaban J connectivity index is 1.88. The highest BCUT2D eigenvalue weighted by molar-refractivity contribution is 4.93. The predicted octanol–water partition coefficient (Wildman–Crippen LogP) is 1.97. The van der Waals surface area contributed by atoms with Crippen LogP contribution in [0.5, 0.6) is 0 Å². The first-order valence-corrected chi connectivity index (χ1v) is 7.01. The molecule has 0 radical (unpaired) electrons. The van der Waals surface area contributed by atoms with Crippen molar-refractivity contribution in [3.8, 4) is 0 Å². The van der Waals surface area contributed by atoms with E-state index in [0.717, 1.165) is 12.6 Å². The van der Waals surface area contributed by atoms with Crippen molar-refractivity contribution in [1.82, 2.24) is 9.80 Å². The van der Waals surface area contributed by atoms with Gasteiger partial charge in [-0.2, -0.15) is 0 Å². The topological polar surface area (TPSA) is 15.7 Å². The zero-order chi connectivity index (χ0) is 12.6. The van der Waals surface area contributed by atoms with Gasteiger partial charge in [-0.1, -0.05) is 0 Å². The summed E-state index contributed by atoms with van der Waals surface area (Å²) in [5.74, 6) is 0. The van der Waals surface area contributed by atoms with E-state index in [4.69, 9.17) is 4.74 Å². The maximum Gasteiger partial charge on any atom is 0.0724 e. The van der Waals surface area contributed by atoms with E-state index in [1.54, 1.807) is 0 Å². The molecule has 0 aromatic carbocycles. The van der Waals surface area contributed by atoms with Gasteiger partial charge < -0.3 is 4.74 Å². The molecule has 0 bridgehead atoms. The number of nitrogens with zero attached hydrogens (tertiary/aromatic N) is 2. The lowest BCUT2D eigenvalue weighted by atomic mass is 10.1. The van der Waals surface area contributed by atoms with Crippen LogP contribution in [0.15, 0.2) is 0 Å². The van der Waals surface area contributed by atoms with E-state index < -0.39 is 0 Å². The third-order valence-corrected chi connectivity index (χ3v) is 3.86. The molecule has 3 heteroatoms. The molecule has 0 aromatic heterocycles. The van der Waals surface area contributed by atoms with Crippen LogP contribution in [-0.4, -0.2) is 59.8 Å². The van der Waals surface area contributed by atoms with Gasteiger partial charge in [-0.15, -0.1) is 0 Å². The molecule has 100 valence electrons. The van der Waals surface area contributed by atoms with Gasteiger partial charge in [0.2, 0.25) is 0 Å². The number of piperazine rings is 1. The van der Waals surface area contributed by atoms with Crippen molar-refractivity contribution in [2.24, 2.45) is 0 Å². The minimum Gasteiger partial charge on any atom is -0.371 e. The number of ether oxygens (including phenoxy) is 1. The number of fused-ring (bicyclic) bond motifs is 1. The summed E-state index contributed by atoms with van der Waals surface area (Å²) in [6.07, 6.45) is 1.65. The molecule has 0 spiro atoms. The summed E-state index contributed by atoms with van der Waals surface area (Å²) in [7, 11) is 0. The Morgan fingerprint density at radius 2 is 1.82 bits per heavy atom. The van der Waals surface area contributed by atoms with Gasteiger partial charge >= 0.3 is 0 Å². The van der Waals surface area contributed by atoms with Gasteiger partial charge in [0.15, 0.2) is 0 Å². The van der Waals surface area contributed by atoms with Crippen molar-refractivity contribution in [3.63, 3.8) is 0 Å². The fourth-order valence-corrected chi connectivity index (χ4v) is 3.07. The zero-order valence-electron chi connectivity index (χ0n) is 12.1. The third kappa shape index (κ3) is 3.43. The van der Waals surface area contributed by atoms with Crippen molar-refractivity contribution in [2.45, 2.75) is 64.8 Å².